The van der Waals surface area contributed by atoms with Gasteiger partial charge in [-0.1, -0.05) is 56.9 Å². The molecular weight excluding hydrogens is 413 g/mol. The van der Waals surface area contributed by atoms with E-state index in [1.807, 2.05) is 6.07 Å². The first-order chi connectivity index (χ1) is 14.8. The predicted octanol–water partition coefficient (Wildman–Crippen LogP) is 5.16. The van der Waals surface area contributed by atoms with Crippen molar-refractivity contribution >= 4 is 13.2 Å². The molecule has 3 N–H and O–H groups in total. The van der Waals surface area contributed by atoms with Gasteiger partial charge < -0.3 is 24.6 Å². The van der Waals surface area contributed by atoms with E-state index in [0.29, 0.717) is 25.5 Å². The second-order valence-electron chi connectivity index (χ2n) is 8.23. The summed E-state index contributed by atoms with van der Waals surface area (Å²) in [7, 11) is -2.22. The molecular formula is C24H38NO5P. The van der Waals surface area contributed by atoms with Crippen molar-refractivity contribution in [2.75, 3.05) is 33.0 Å². The lowest BCUT2D eigenvalue weighted by molar-refractivity contribution is 0.285. The van der Waals surface area contributed by atoms with Gasteiger partial charge in [-0.15, -0.1) is 0 Å². The van der Waals surface area contributed by atoms with Gasteiger partial charge >= 0.3 is 7.60 Å². The van der Waals surface area contributed by atoms with Crippen LogP contribution < -0.4 is 14.8 Å². The van der Waals surface area contributed by atoms with E-state index < -0.39 is 7.60 Å². The summed E-state index contributed by atoms with van der Waals surface area (Å²) < 4.78 is 22.4. The van der Waals surface area contributed by atoms with E-state index in [1.165, 1.54) is 30.4 Å². The van der Waals surface area contributed by atoms with Crippen molar-refractivity contribution in [3.63, 3.8) is 0 Å². The minimum absolute atomic E-state index is 0.0705. The topological polar surface area (TPSA) is 88.0 Å². The third kappa shape index (κ3) is 9.20. The SMILES string of the molecule is CCCCCCOc1ccc(C2=CC=C(CNCCCP(=O)(O)O)C(C)C2)cc1OC. The van der Waals surface area contributed by atoms with Crippen molar-refractivity contribution in [2.45, 2.75) is 52.4 Å². The van der Waals surface area contributed by atoms with Gasteiger partial charge in [0.05, 0.1) is 19.9 Å². The van der Waals surface area contributed by atoms with E-state index >= 15 is 0 Å². The number of ether oxygens (including phenoxy) is 2. The van der Waals surface area contributed by atoms with Crippen LogP contribution in [0.15, 0.2) is 35.9 Å². The zero-order valence-corrected chi connectivity index (χ0v) is 20.0. The fraction of sp³-hybridized carbons (Fsp3) is 0.583. The summed E-state index contributed by atoms with van der Waals surface area (Å²) in [5.74, 6) is 1.96. The molecule has 7 heteroatoms. The number of allylic oxidation sites excluding steroid dienone is 3. The monoisotopic (exact) mass is 451 g/mol. The Hall–Kier alpha value is -1.59. The summed E-state index contributed by atoms with van der Waals surface area (Å²) in [5.41, 5.74) is 3.72. The number of rotatable bonds is 14. The minimum atomic E-state index is -3.90. The first-order valence-corrected chi connectivity index (χ1v) is 13.1. The third-order valence-corrected chi connectivity index (χ3v) is 6.48. The Balaban J connectivity index is 1.92. The molecule has 0 radical (unpaired) electrons. The van der Waals surface area contributed by atoms with Gasteiger partial charge in [-0.05, 0) is 55.0 Å². The Morgan fingerprint density at radius 2 is 1.94 bits per heavy atom. The average molecular weight is 452 g/mol. The normalized spacial score (nSPS) is 16.6. The molecule has 6 nitrogen and oxygen atoms in total. The molecule has 1 aromatic rings. The largest absolute Gasteiger partial charge is 0.493 e. The Morgan fingerprint density at radius 1 is 1.13 bits per heavy atom. The average Bonchev–Trinajstić information content (AvgIpc) is 2.73. The van der Waals surface area contributed by atoms with Crippen LogP contribution in [0.4, 0.5) is 0 Å². The van der Waals surface area contributed by atoms with Crippen LogP contribution in [0.3, 0.4) is 0 Å². The Bertz CT molecular complexity index is 799. The summed E-state index contributed by atoms with van der Waals surface area (Å²) in [6.07, 6.45) is 10.4. The maximum Gasteiger partial charge on any atom is 0.325 e. The Labute approximate surface area is 186 Å². The molecule has 2 rings (SSSR count). The van der Waals surface area contributed by atoms with E-state index in [4.69, 9.17) is 19.3 Å². The lowest BCUT2D eigenvalue weighted by Crippen LogP contribution is -2.23. The van der Waals surface area contributed by atoms with E-state index in [9.17, 15) is 4.57 Å². The molecule has 0 fully saturated rings. The second kappa shape index (κ2) is 13.1. The van der Waals surface area contributed by atoms with Gasteiger partial charge in [0.1, 0.15) is 0 Å². The van der Waals surface area contributed by atoms with Gasteiger partial charge in [-0.2, -0.15) is 0 Å². The number of nitrogens with one attached hydrogen (secondary N) is 1. The number of unbranched alkanes of at least 4 members (excludes halogenated alkanes) is 3. The summed E-state index contributed by atoms with van der Waals surface area (Å²) in [6, 6.07) is 6.15. The van der Waals surface area contributed by atoms with Crippen LogP contribution in [0, 0.1) is 5.92 Å². The smallest absolute Gasteiger partial charge is 0.325 e. The minimum Gasteiger partial charge on any atom is -0.493 e. The first kappa shape index (κ1) is 25.7. The van der Waals surface area contributed by atoms with Gasteiger partial charge in [0.2, 0.25) is 0 Å². The molecule has 0 spiro atoms. The Kier molecular flexibility index (Phi) is 10.8. The molecule has 1 aliphatic carbocycles. The van der Waals surface area contributed by atoms with Crippen molar-refractivity contribution in [1.82, 2.24) is 5.32 Å². The zero-order chi connectivity index (χ0) is 22.7. The maximum absolute atomic E-state index is 10.9. The van der Waals surface area contributed by atoms with E-state index in [0.717, 1.165) is 36.4 Å². The van der Waals surface area contributed by atoms with Crippen LogP contribution in [0.25, 0.3) is 5.57 Å². The molecule has 1 unspecified atom stereocenters. The number of hydrogen-bond acceptors (Lipinski definition) is 4. The Morgan fingerprint density at radius 3 is 2.61 bits per heavy atom. The summed E-state index contributed by atoms with van der Waals surface area (Å²) in [6.45, 7) is 6.46. The van der Waals surface area contributed by atoms with Gasteiger partial charge in [-0.3, -0.25) is 4.57 Å². The highest BCUT2D eigenvalue weighted by atomic mass is 31.2. The van der Waals surface area contributed by atoms with Crippen LogP contribution in [-0.4, -0.2) is 42.8 Å². The van der Waals surface area contributed by atoms with Crippen LogP contribution >= 0.6 is 7.60 Å². The van der Waals surface area contributed by atoms with Crippen molar-refractivity contribution < 1.29 is 23.8 Å². The highest BCUT2D eigenvalue weighted by Crippen LogP contribution is 2.36. The van der Waals surface area contributed by atoms with Gasteiger partial charge in [0.15, 0.2) is 11.5 Å². The van der Waals surface area contributed by atoms with Crippen LogP contribution in [-0.2, 0) is 4.57 Å². The van der Waals surface area contributed by atoms with Crippen molar-refractivity contribution in [3.8, 4) is 11.5 Å². The molecule has 0 bridgehead atoms. The van der Waals surface area contributed by atoms with Gasteiger partial charge in [0, 0.05) is 6.54 Å². The van der Waals surface area contributed by atoms with Gasteiger partial charge in [0.25, 0.3) is 0 Å². The van der Waals surface area contributed by atoms with Crippen molar-refractivity contribution in [3.05, 3.63) is 41.5 Å². The highest BCUT2D eigenvalue weighted by molar-refractivity contribution is 7.51. The first-order valence-electron chi connectivity index (χ1n) is 11.3. The quantitative estimate of drug-likeness (QED) is 0.267. The number of methoxy groups -OCH3 is 1. The second-order valence-corrected chi connectivity index (χ2v) is 10.0. The molecule has 1 aromatic carbocycles. The predicted molar refractivity (Wildman–Crippen MR) is 127 cm³/mol. The third-order valence-electron chi connectivity index (χ3n) is 5.58. The standard InChI is InChI=1S/C24H38NO5P/c1-4-5-6-7-14-30-23-12-11-21(17-24(23)29-3)20-9-10-22(19(2)16-20)18-25-13-8-15-31(26,27)28/h9-12,17,19,25H,4-8,13-16,18H2,1-3H3,(H2,26,27,28). The number of hydrogen-bond donors (Lipinski definition) is 3. The molecule has 1 aliphatic rings. The molecule has 0 saturated carbocycles. The highest BCUT2D eigenvalue weighted by Gasteiger charge is 2.18. The van der Waals surface area contributed by atoms with E-state index in [1.54, 1.807) is 7.11 Å². The van der Waals surface area contributed by atoms with Crippen LogP contribution in [0.2, 0.25) is 0 Å². The number of benzene rings is 1. The molecule has 0 amide bonds. The molecule has 174 valence electrons. The lowest BCUT2D eigenvalue weighted by Gasteiger charge is -2.23. The van der Waals surface area contributed by atoms with Crippen molar-refractivity contribution in [1.29, 1.82) is 0 Å². The molecule has 1 atom stereocenters. The fourth-order valence-corrected chi connectivity index (χ4v) is 4.26. The molecule has 0 heterocycles. The zero-order valence-electron chi connectivity index (χ0n) is 19.1. The van der Waals surface area contributed by atoms with Gasteiger partial charge in [-0.25, -0.2) is 0 Å². The van der Waals surface area contributed by atoms with Crippen LogP contribution in [0.5, 0.6) is 11.5 Å². The molecule has 31 heavy (non-hydrogen) atoms. The van der Waals surface area contributed by atoms with Crippen molar-refractivity contribution in [2.24, 2.45) is 5.92 Å². The van der Waals surface area contributed by atoms with Crippen LogP contribution in [0.1, 0.15) is 57.9 Å². The van der Waals surface area contributed by atoms with E-state index in [-0.39, 0.29) is 6.16 Å². The fourth-order valence-electron chi connectivity index (χ4n) is 3.69. The summed E-state index contributed by atoms with van der Waals surface area (Å²) >= 11 is 0. The molecule has 0 aliphatic heterocycles. The summed E-state index contributed by atoms with van der Waals surface area (Å²) in [5, 5.41) is 3.29. The summed E-state index contributed by atoms with van der Waals surface area (Å²) in [4.78, 5) is 17.8. The molecule has 0 saturated heterocycles. The maximum atomic E-state index is 10.9. The molecule has 0 aromatic heterocycles. The van der Waals surface area contributed by atoms with E-state index in [2.05, 4.69) is 43.4 Å². The lowest BCUT2D eigenvalue weighted by atomic mass is 9.85.